The molecule has 1 atom stereocenters. The van der Waals surface area contributed by atoms with Crippen LogP contribution in [0.1, 0.15) is 18.4 Å². The number of nitrogens with two attached hydrogens (primary N) is 1. The van der Waals surface area contributed by atoms with Crippen LogP contribution in [0, 0.1) is 17.6 Å². The van der Waals surface area contributed by atoms with Crippen molar-refractivity contribution in [3.63, 3.8) is 0 Å². The van der Waals surface area contributed by atoms with E-state index in [0.29, 0.717) is 13.1 Å². The predicted octanol–water partition coefficient (Wildman–Crippen LogP) is 1.92. The topological polar surface area (TPSA) is 61.9 Å². The fraction of sp³-hybridized carbons (Fsp3) is 0.462. The third-order valence-corrected chi connectivity index (χ3v) is 3.43. The third kappa shape index (κ3) is 3.41. The summed E-state index contributed by atoms with van der Waals surface area (Å²) in [7, 11) is 0. The monoisotopic (exact) mass is 269 g/mol. The second-order valence-electron chi connectivity index (χ2n) is 4.85. The Morgan fingerprint density at radius 2 is 2.21 bits per heavy atom. The van der Waals surface area contributed by atoms with Crippen LogP contribution in [-0.4, -0.2) is 29.0 Å². The summed E-state index contributed by atoms with van der Waals surface area (Å²) in [6.07, 6.45) is 1.81. The lowest BCUT2D eigenvalue weighted by atomic mass is 9.96. The van der Waals surface area contributed by atoms with Gasteiger partial charge in [-0.25, -0.2) is 8.78 Å². The van der Waals surface area contributed by atoms with Crippen LogP contribution in [-0.2, 0) is 6.54 Å². The molecule has 104 valence electrons. The number of likely N-dealkylation sites (tertiary alicyclic amines) is 1. The molecule has 1 fully saturated rings. The number of amidine groups is 1. The van der Waals surface area contributed by atoms with Gasteiger partial charge < -0.3 is 10.9 Å². The SMILES string of the molecule is N/C(=N/O)C1CCCN(Cc2ccc(F)c(F)c2)C1. The third-order valence-electron chi connectivity index (χ3n) is 3.43. The zero-order valence-electron chi connectivity index (χ0n) is 10.5. The quantitative estimate of drug-likeness (QED) is 0.381. The first-order valence-electron chi connectivity index (χ1n) is 6.24. The van der Waals surface area contributed by atoms with E-state index >= 15 is 0 Å². The van der Waals surface area contributed by atoms with E-state index in [9.17, 15) is 8.78 Å². The molecule has 1 aromatic rings. The Balaban J connectivity index is 2.00. The largest absolute Gasteiger partial charge is 0.409 e. The van der Waals surface area contributed by atoms with Crippen LogP contribution < -0.4 is 5.73 Å². The molecule has 1 unspecified atom stereocenters. The fourth-order valence-electron chi connectivity index (χ4n) is 2.42. The molecular weight excluding hydrogens is 252 g/mol. The van der Waals surface area contributed by atoms with E-state index in [1.807, 2.05) is 0 Å². The van der Waals surface area contributed by atoms with Gasteiger partial charge in [0.2, 0.25) is 0 Å². The molecule has 0 radical (unpaired) electrons. The standard InChI is InChI=1S/C13H17F2N3O/c14-11-4-3-9(6-12(11)15)7-18-5-1-2-10(8-18)13(16)17-19/h3-4,6,10,19H,1-2,5,7-8H2,(H2,16,17). The number of halogens is 2. The van der Waals surface area contributed by atoms with Crippen LogP contribution in [0.25, 0.3) is 0 Å². The number of oxime groups is 1. The summed E-state index contributed by atoms with van der Waals surface area (Å²) < 4.78 is 26.0. The Morgan fingerprint density at radius 3 is 2.89 bits per heavy atom. The number of benzene rings is 1. The van der Waals surface area contributed by atoms with Gasteiger partial charge in [0.05, 0.1) is 0 Å². The van der Waals surface area contributed by atoms with Gasteiger partial charge in [-0.1, -0.05) is 11.2 Å². The summed E-state index contributed by atoms with van der Waals surface area (Å²) >= 11 is 0. The van der Waals surface area contributed by atoms with E-state index in [4.69, 9.17) is 10.9 Å². The lowest BCUT2D eigenvalue weighted by Crippen LogP contribution is -2.40. The molecular formula is C13H17F2N3O. The molecule has 0 aliphatic carbocycles. The van der Waals surface area contributed by atoms with Gasteiger partial charge in [0.1, 0.15) is 5.84 Å². The van der Waals surface area contributed by atoms with Crippen molar-refractivity contribution in [2.24, 2.45) is 16.8 Å². The van der Waals surface area contributed by atoms with Crippen molar-refractivity contribution < 1.29 is 14.0 Å². The van der Waals surface area contributed by atoms with Crippen LogP contribution in [0.5, 0.6) is 0 Å². The first-order valence-corrected chi connectivity index (χ1v) is 6.24. The Labute approximate surface area is 110 Å². The van der Waals surface area contributed by atoms with Crippen LogP contribution in [0.2, 0.25) is 0 Å². The summed E-state index contributed by atoms with van der Waals surface area (Å²) in [5, 5.41) is 11.7. The Hall–Kier alpha value is -1.69. The van der Waals surface area contributed by atoms with Crippen molar-refractivity contribution in [2.45, 2.75) is 19.4 Å². The van der Waals surface area contributed by atoms with Crippen molar-refractivity contribution in [3.8, 4) is 0 Å². The fourth-order valence-corrected chi connectivity index (χ4v) is 2.42. The maximum absolute atomic E-state index is 13.1. The van der Waals surface area contributed by atoms with Gasteiger partial charge in [-0.05, 0) is 37.1 Å². The maximum Gasteiger partial charge on any atom is 0.159 e. The highest BCUT2D eigenvalue weighted by molar-refractivity contribution is 5.82. The van der Waals surface area contributed by atoms with Crippen LogP contribution in [0.4, 0.5) is 8.78 Å². The zero-order valence-corrected chi connectivity index (χ0v) is 10.5. The molecule has 1 heterocycles. The molecule has 19 heavy (non-hydrogen) atoms. The minimum Gasteiger partial charge on any atom is -0.409 e. The van der Waals surface area contributed by atoms with Crippen LogP contribution >= 0.6 is 0 Å². The minimum absolute atomic E-state index is 0.0176. The van der Waals surface area contributed by atoms with Gasteiger partial charge in [-0.2, -0.15) is 0 Å². The second-order valence-corrected chi connectivity index (χ2v) is 4.85. The van der Waals surface area contributed by atoms with Gasteiger partial charge in [-0.3, -0.25) is 4.90 Å². The van der Waals surface area contributed by atoms with Gasteiger partial charge in [0.15, 0.2) is 11.6 Å². The van der Waals surface area contributed by atoms with E-state index in [1.54, 1.807) is 6.07 Å². The van der Waals surface area contributed by atoms with Crippen molar-refractivity contribution in [1.82, 2.24) is 4.90 Å². The maximum atomic E-state index is 13.1. The lowest BCUT2D eigenvalue weighted by Gasteiger charge is -2.32. The van der Waals surface area contributed by atoms with Gasteiger partial charge in [0, 0.05) is 19.0 Å². The number of rotatable bonds is 3. The van der Waals surface area contributed by atoms with Crippen molar-refractivity contribution in [2.75, 3.05) is 13.1 Å². The summed E-state index contributed by atoms with van der Waals surface area (Å²) in [4.78, 5) is 2.10. The van der Waals surface area contributed by atoms with E-state index in [1.165, 1.54) is 6.07 Å². The molecule has 6 heteroatoms. The second kappa shape index (κ2) is 5.97. The predicted molar refractivity (Wildman–Crippen MR) is 67.8 cm³/mol. The highest BCUT2D eigenvalue weighted by atomic mass is 19.2. The Morgan fingerprint density at radius 1 is 1.42 bits per heavy atom. The van der Waals surface area contributed by atoms with Crippen molar-refractivity contribution in [1.29, 1.82) is 0 Å². The van der Waals surface area contributed by atoms with E-state index in [2.05, 4.69) is 10.1 Å². The molecule has 1 aromatic carbocycles. The molecule has 0 saturated carbocycles. The molecule has 1 saturated heterocycles. The molecule has 1 aliphatic rings. The van der Waals surface area contributed by atoms with Crippen LogP contribution in [0.3, 0.4) is 0 Å². The lowest BCUT2D eigenvalue weighted by molar-refractivity contribution is 0.192. The highest BCUT2D eigenvalue weighted by Crippen LogP contribution is 2.19. The average Bonchev–Trinajstić information content (AvgIpc) is 2.42. The number of hydrogen-bond donors (Lipinski definition) is 2. The normalized spacial score (nSPS) is 21.6. The van der Waals surface area contributed by atoms with E-state index < -0.39 is 11.6 Å². The Kier molecular flexibility index (Phi) is 4.31. The average molecular weight is 269 g/mol. The van der Waals surface area contributed by atoms with Gasteiger partial charge in [-0.15, -0.1) is 0 Å². The molecule has 2 rings (SSSR count). The molecule has 0 aromatic heterocycles. The molecule has 3 N–H and O–H groups in total. The summed E-state index contributed by atoms with van der Waals surface area (Å²) in [5.74, 6) is -1.42. The van der Waals surface area contributed by atoms with E-state index in [-0.39, 0.29) is 11.8 Å². The first-order chi connectivity index (χ1) is 9.10. The van der Waals surface area contributed by atoms with Crippen molar-refractivity contribution in [3.05, 3.63) is 35.4 Å². The summed E-state index contributed by atoms with van der Waals surface area (Å²) in [5.41, 5.74) is 6.33. The molecule has 4 nitrogen and oxygen atoms in total. The van der Waals surface area contributed by atoms with Crippen LogP contribution in [0.15, 0.2) is 23.4 Å². The molecule has 0 bridgehead atoms. The molecule has 1 aliphatic heterocycles. The zero-order chi connectivity index (χ0) is 13.8. The molecule has 0 amide bonds. The number of piperidine rings is 1. The first kappa shape index (κ1) is 13.7. The van der Waals surface area contributed by atoms with Crippen molar-refractivity contribution >= 4 is 5.84 Å². The smallest absolute Gasteiger partial charge is 0.159 e. The highest BCUT2D eigenvalue weighted by Gasteiger charge is 2.23. The molecule has 0 spiro atoms. The Bertz CT molecular complexity index is 479. The minimum atomic E-state index is -0.836. The van der Waals surface area contributed by atoms with Gasteiger partial charge >= 0.3 is 0 Å². The van der Waals surface area contributed by atoms with Gasteiger partial charge in [0.25, 0.3) is 0 Å². The number of nitrogens with zero attached hydrogens (tertiary/aromatic N) is 2. The van der Waals surface area contributed by atoms with E-state index in [0.717, 1.165) is 31.0 Å². The number of hydrogen-bond acceptors (Lipinski definition) is 3. The summed E-state index contributed by atoms with van der Waals surface area (Å²) in [6, 6.07) is 3.92. The summed E-state index contributed by atoms with van der Waals surface area (Å²) in [6.45, 7) is 2.06.